The fraction of sp³-hybridized carbons (Fsp3) is 0.625. The summed E-state index contributed by atoms with van der Waals surface area (Å²) in [6, 6.07) is 0. The smallest absolute Gasteiger partial charge is 0.335 e. The fourth-order valence-corrected chi connectivity index (χ4v) is 0.615. The van der Waals surface area contributed by atoms with Crippen molar-refractivity contribution in [3.8, 4) is 0 Å². The van der Waals surface area contributed by atoms with E-state index in [0.29, 0.717) is 0 Å². The van der Waals surface area contributed by atoms with Crippen LogP contribution in [0.25, 0.3) is 0 Å². The molecule has 0 radical (unpaired) electrons. The first-order chi connectivity index (χ1) is 7.64. The molecule has 0 bridgehead atoms. The van der Waals surface area contributed by atoms with E-state index in [1.807, 2.05) is 0 Å². The Labute approximate surface area is 95.5 Å². The highest BCUT2D eigenvalue weighted by Crippen LogP contribution is 2.03. The number of carbonyl (C=O) groups is 3. The van der Waals surface area contributed by atoms with Gasteiger partial charge < -0.3 is 35.4 Å². The summed E-state index contributed by atoms with van der Waals surface area (Å²) in [6.45, 7) is 1.08. The van der Waals surface area contributed by atoms with E-state index < -0.39 is 36.4 Å². The van der Waals surface area contributed by atoms with Gasteiger partial charge in [-0.1, -0.05) is 0 Å². The van der Waals surface area contributed by atoms with Gasteiger partial charge >= 0.3 is 5.97 Å². The predicted octanol–water partition coefficient (Wildman–Crippen LogP) is -3.20. The zero-order valence-corrected chi connectivity index (χ0v) is 8.79. The molecule has 4 atom stereocenters. The molecule has 0 rings (SSSR count). The minimum atomic E-state index is -2.25. The lowest BCUT2D eigenvalue weighted by Crippen LogP contribution is -2.48. The molecule has 0 fully saturated rings. The minimum Gasteiger partial charge on any atom is -0.481 e. The molecule has 0 aromatic carbocycles. The second-order valence-corrected chi connectivity index (χ2v) is 2.91. The van der Waals surface area contributed by atoms with E-state index in [9.17, 15) is 9.59 Å². The van der Waals surface area contributed by atoms with E-state index in [4.69, 9.17) is 35.4 Å². The van der Waals surface area contributed by atoms with E-state index >= 15 is 0 Å². The van der Waals surface area contributed by atoms with Gasteiger partial charge in [-0.2, -0.15) is 0 Å². The highest BCUT2D eigenvalue weighted by molar-refractivity contribution is 5.73. The Balaban J connectivity index is 0. The number of hydrogen-bond donors (Lipinski definition) is 6. The number of hydrogen-bond acceptors (Lipinski definition) is 7. The molecule has 4 unspecified atom stereocenters. The first-order valence-corrected chi connectivity index (χ1v) is 4.25. The van der Waals surface area contributed by atoms with Crippen LogP contribution in [-0.4, -0.2) is 73.3 Å². The average molecular weight is 254 g/mol. The molecule has 0 aliphatic rings. The third-order valence-electron chi connectivity index (χ3n) is 1.42. The maximum atomic E-state index is 10.1. The zero-order chi connectivity index (χ0) is 14.2. The number of rotatable bonds is 5. The van der Waals surface area contributed by atoms with E-state index in [1.54, 1.807) is 0 Å². The van der Waals surface area contributed by atoms with Crippen molar-refractivity contribution in [2.24, 2.45) is 0 Å². The number of aliphatic hydroxyl groups is 4. The van der Waals surface area contributed by atoms with Gasteiger partial charge in [0.05, 0.1) is 0 Å². The molecule has 0 aliphatic heterocycles. The van der Waals surface area contributed by atoms with E-state index in [1.165, 1.54) is 0 Å². The summed E-state index contributed by atoms with van der Waals surface area (Å²) < 4.78 is 0. The fourth-order valence-electron chi connectivity index (χ4n) is 0.615. The number of aliphatic hydroxyl groups excluding tert-OH is 4. The van der Waals surface area contributed by atoms with E-state index in [0.717, 1.165) is 6.92 Å². The minimum absolute atomic E-state index is 0.0809. The van der Waals surface area contributed by atoms with Crippen LogP contribution >= 0.6 is 0 Å². The Morgan fingerprint density at radius 2 is 1.35 bits per heavy atom. The molecule has 0 heterocycles. The summed E-state index contributed by atoms with van der Waals surface area (Å²) in [5.41, 5.74) is 0. The van der Waals surface area contributed by atoms with Gasteiger partial charge in [0.15, 0.2) is 12.4 Å². The molecule has 0 saturated carbocycles. The normalized spacial score (nSPS) is 16.8. The summed E-state index contributed by atoms with van der Waals surface area (Å²) in [7, 11) is 0. The second kappa shape index (κ2) is 8.58. The van der Waals surface area contributed by atoms with Crippen LogP contribution in [0.4, 0.5) is 0 Å². The first kappa shape index (κ1) is 17.8. The van der Waals surface area contributed by atoms with Crippen molar-refractivity contribution in [3.63, 3.8) is 0 Å². The zero-order valence-electron chi connectivity index (χ0n) is 8.79. The van der Waals surface area contributed by atoms with Crippen molar-refractivity contribution in [1.82, 2.24) is 0 Å². The standard InChI is InChI=1S/C6H10O7.C2H4O2/c7-1-2(8)3(9)4(10)5(11)6(12)13;1-2(3)4/h1-5,8-11H,(H,12,13);1H3,(H,3,4). The Hall–Kier alpha value is -1.55. The molecule has 9 heteroatoms. The van der Waals surface area contributed by atoms with Crippen LogP contribution in [0, 0.1) is 0 Å². The Bertz CT molecular complexity index is 260. The number of carboxylic acid groups (broad SMARTS) is 2. The molecule has 0 saturated heterocycles. The Kier molecular flexibility index (Phi) is 9.01. The molecular weight excluding hydrogens is 240 g/mol. The monoisotopic (exact) mass is 254 g/mol. The number of carboxylic acids is 2. The van der Waals surface area contributed by atoms with Gasteiger partial charge in [0.25, 0.3) is 5.97 Å². The molecule has 6 N–H and O–H groups in total. The molecule has 9 nitrogen and oxygen atoms in total. The SMILES string of the molecule is CC(=O)O.O=CC(O)C(O)C(O)C(O)C(=O)O. The van der Waals surface area contributed by atoms with Gasteiger partial charge in [0.1, 0.15) is 18.3 Å². The van der Waals surface area contributed by atoms with Crippen molar-refractivity contribution in [1.29, 1.82) is 0 Å². The van der Waals surface area contributed by atoms with Gasteiger partial charge in [-0.25, -0.2) is 4.79 Å². The second-order valence-electron chi connectivity index (χ2n) is 2.91. The quantitative estimate of drug-likeness (QED) is 0.276. The molecule has 0 aliphatic carbocycles. The van der Waals surface area contributed by atoms with Gasteiger partial charge in [0, 0.05) is 6.92 Å². The van der Waals surface area contributed by atoms with Crippen molar-refractivity contribution in [2.75, 3.05) is 0 Å². The van der Waals surface area contributed by atoms with Gasteiger partial charge in [0.2, 0.25) is 0 Å². The van der Waals surface area contributed by atoms with Crippen LogP contribution in [0.3, 0.4) is 0 Å². The number of aldehydes is 1. The van der Waals surface area contributed by atoms with Gasteiger partial charge in [-0.3, -0.25) is 4.79 Å². The Morgan fingerprint density at radius 3 is 1.59 bits per heavy atom. The summed E-state index contributed by atoms with van der Waals surface area (Å²) in [5, 5.41) is 50.6. The highest BCUT2D eigenvalue weighted by Gasteiger charge is 2.33. The van der Waals surface area contributed by atoms with Crippen molar-refractivity contribution >= 4 is 18.2 Å². The molecule has 0 spiro atoms. The lowest BCUT2D eigenvalue weighted by Gasteiger charge is -2.21. The third kappa shape index (κ3) is 8.28. The summed E-state index contributed by atoms with van der Waals surface area (Å²) in [4.78, 5) is 29.0. The van der Waals surface area contributed by atoms with Crippen LogP contribution in [0.1, 0.15) is 6.92 Å². The molecular formula is C8H14O9. The Morgan fingerprint density at radius 1 is 1.00 bits per heavy atom. The predicted molar refractivity (Wildman–Crippen MR) is 51.0 cm³/mol. The van der Waals surface area contributed by atoms with Crippen molar-refractivity contribution < 1.29 is 45.0 Å². The molecule has 0 amide bonds. The maximum absolute atomic E-state index is 10.1. The van der Waals surface area contributed by atoms with Crippen LogP contribution in [0.15, 0.2) is 0 Å². The van der Waals surface area contributed by atoms with Crippen molar-refractivity contribution in [2.45, 2.75) is 31.3 Å². The molecule has 0 aromatic heterocycles. The number of carbonyl (C=O) groups excluding carboxylic acids is 1. The lowest BCUT2D eigenvalue weighted by atomic mass is 10.0. The molecule has 100 valence electrons. The summed E-state index contributed by atoms with van der Waals surface area (Å²) >= 11 is 0. The molecule has 0 aromatic rings. The van der Waals surface area contributed by atoms with E-state index in [2.05, 4.69) is 0 Å². The lowest BCUT2D eigenvalue weighted by molar-refractivity contribution is -0.163. The number of aliphatic carboxylic acids is 2. The van der Waals surface area contributed by atoms with E-state index in [-0.39, 0.29) is 6.29 Å². The third-order valence-corrected chi connectivity index (χ3v) is 1.42. The maximum Gasteiger partial charge on any atom is 0.335 e. The van der Waals surface area contributed by atoms with Gasteiger partial charge in [-0.15, -0.1) is 0 Å². The van der Waals surface area contributed by atoms with Crippen LogP contribution in [-0.2, 0) is 14.4 Å². The summed E-state index contributed by atoms with van der Waals surface area (Å²) in [5.74, 6) is -2.59. The topological polar surface area (TPSA) is 173 Å². The molecule has 17 heavy (non-hydrogen) atoms. The van der Waals surface area contributed by atoms with Crippen LogP contribution < -0.4 is 0 Å². The average Bonchev–Trinajstić information content (AvgIpc) is 2.23. The van der Waals surface area contributed by atoms with Crippen LogP contribution in [0.2, 0.25) is 0 Å². The van der Waals surface area contributed by atoms with Crippen molar-refractivity contribution in [3.05, 3.63) is 0 Å². The first-order valence-electron chi connectivity index (χ1n) is 4.25. The largest absolute Gasteiger partial charge is 0.481 e. The summed E-state index contributed by atoms with van der Waals surface area (Å²) in [6.07, 6.45) is -8.39. The highest BCUT2D eigenvalue weighted by atomic mass is 16.4. The van der Waals surface area contributed by atoms with Gasteiger partial charge in [-0.05, 0) is 0 Å². The van der Waals surface area contributed by atoms with Crippen LogP contribution in [0.5, 0.6) is 0 Å².